The normalized spacial score (nSPS) is 15.6. The summed E-state index contributed by atoms with van der Waals surface area (Å²) in [4.78, 5) is 15.8. The molecule has 0 bridgehead atoms. The Hall–Kier alpha value is -8.21. The Balaban J connectivity index is 0.959. The van der Waals surface area contributed by atoms with Gasteiger partial charge in [0, 0.05) is 38.6 Å². The van der Waals surface area contributed by atoms with Crippen molar-refractivity contribution < 1.29 is 0 Å². The van der Waals surface area contributed by atoms with Crippen LogP contribution < -0.4 is 0 Å². The highest BCUT2D eigenvalue weighted by molar-refractivity contribution is 6.11. The first-order valence-electron chi connectivity index (χ1n) is 25.8. The van der Waals surface area contributed by atoms with E-state index in [1.165, 1.54) is 83.0 Å². The van der Waals surface area contributed by atoms with Crippen LogP contribution in [0.5, 0.6) is 0 Å². The number of hydrogen-bond acceptors (Lipinski definition) is 3. The van der Waals surface area contributed by atoms with Gasteiger partial charge in [-0.05, 0) is 125 Å². The van der Waals surface area contributed by atoms with Crippen LogP contribution >= 0.6 is 0 Å². The van der Waals surface area contributed by atoms with Gasteiger partial charge in [-0.3, -0.25) is 0 Å². The Morgan fingerprint density at radius 2 is 0.795 bits per heavy atom. The number of para-hydroxylation sites is 1. The van der Waals surface area contributed by atoms with E-state index in [-0.39, 0.29) is 21.7 Å². The minimum Gasteiger partial charge on any atom is -0.309 e. The SMILES string of the molecule is CC1(C)c2ccccc2-c2c(-c3nc(-c4ccccc4)nc(-c4ccc(-c5cc6c(cc5-c5ccc7c(c5)c5ccccc5n7-c5ccc(-c7ccccc7)cc5)C(C)(C)C(C)(C)C6(C)C)cc4)n3)cccc21. The third kappa shape index (κ3) is 6.69. The van der Waals surface area contributed by atoms with Crippen LogP contribution in [0, 0.1) is 5.41 Å². The fraction of sp³-hybridized carbons (Fsp3) is 0.174. The fourth-order valence-electron chi connectivity index (χ4n) is 12.5. The van der Waals surface area contributed by atoms with Crippen LogP contribution in [0.25, 0.3) is 106 Å². The van der Waals surface area contributed by atoms with Crippen molar-refractivity contribution in [2.75, 3.05) is 0 Å². The summed E-state index contributed by atoms with van der Waals surface area (Å²) in [5, 5.41) is 2.47. The zero-order valence-corrected chi connectivity index (χ0v) is 42.9. The Kier molecular flexibility index (Phi) is 9.89. The largest absolute Gasteiger partial charge is 0.309 e. The van der Waals surface area contributed by atoms with Gasteiger partial charge in [0.2, 0.25) is 0 Å². The van der Waals surface area contributed by atoms with Crippen LogP contribution in [0.4, 0.5) is 0 Å². The number of fused-ring (bicyclic) bond motifs is 7. The van der Waals surface area contributed by atoms with Crippen LogP contribution in [-0.4, -0.2) is 19.5 Å². The summed E-state index contributed by atoms with van der Waals surface area (Å²) >= 11 is 0. The molecule has 2 aliphatic carbocycles. The van der Waals surface area contributed by atoms with E-state index < -0.39 is 0 Å². The summed E-state index contributed by atoms with van der Waals surface area (Å²) in [6.45, 7) is 19.3. The number of rotatable bonds is 7. The van der Waals surface area contributed by atoms with Gasteiger partial charge in [0.25, 0.3) is 0 Å². The van der Waals surface area contributed by atoms with Gasteiger partial charge in [0.05, 0.1) is 11.0 Å². The van der Waals surface area contributed by atoms with Crippen molar-refractivity contribution in [3.63, 3.8) is 0 Å². The Bertz CT molecular complexity index is 3990. The summed E-state index contributed by atoms with van der Waals surface area (Å²) in [7, 11) is 0. The molecule has 0 N–H and O–H groups in total. The van der Waals surface area contributed by atoms with Crippen LogP contribution in [0.2, 0.25) is 0 Å². The lowest BCUT2D eigenvalue weighted by Crippen LogP contribution is -2.42. The molecule has 2 aromatic heterocycles. The molecule has 0 saturated heterocycles. The van der Waals surface area contributed by atoms with E-state index in [2.05, 4.69) is 248 Å². The summed E-state index contributed by atoms with van der Waals surface area (Å²) in [6.07, 6.45) is 0. The van der Waals surface area contributed by atoms with Gasteiger partial charge in [-0.2, -0.15) is 0 Å². The van der Waals surface area contributed by atoms with Gasteiger partial charge in [-0.25, -0.2) is 15.0 Å². The molecule has 2 aliphatic rings. The molecule has 354 valence electrons. The molecule has 4 heteroatoms. The van der Waals surface area contributed by atoms with Crippen molar-refractivity contribution in [3.05, 3.63) is 229 Å². The first kappa shape index (κ1) is 44.7. The van der Waals surface area contributed by atoms with Gasteiger partial charge in [-0.15, -0.1) is 0 Å². The van der Waals surface area contributed by atoms with Crippen LogP contribution in [-0.2, 0) is 16.2 Å². The summed E-state index contributed by atoms with van der Waals surface area (Å²) in [5.74, 6) is 1.97. The lowest BCUT2D eigenvalue weighted by Gasteiger charge is -2.44. The monoisotopic (exact) mass is 942 g/mol. The van der Waals surface area contributed by atoms with Crippen molar-refractivity contribution in [1.82, 2.24) is 19.5 Å². The molecule has 0 atom stereocenters. The highest BCUT2D eigenvalue weighted by atomic mass is 15.0. The average molecular weight is 943 g/mol. The third-order valence-electron chi connectivity index (χ3n) is 17.8. The maximum absolute atomic E-state index is 5.33. The molecule has 0 aliphatic heterocycles. The van der Waals surface area contributed by atoms with Gasteiger partial charge in [0.15, 0.2) is 17.5 Å². The van der Waals surface area contributed by atoms with Gasteiger partial charge in [-0.1, -0.05) is 219 Å². The van der Waals surface area contributed by atoms with Crippen molar-refractivity contribution >= 4 is 21.8 Å². The van der Waals surface area contributed by atoms with E-state index in [0.717, 1.165) is 27.9 Å². The number of hydrogen-bond donors (Lipinski definition) is 0. The molecule has 4 nitrogen and oxygen atoms in total. The smallest absolute Gasteiger partial charge is 0.164 e. The van der Waals surface area contributed by atoms with E-state index in [1.54, 1.807) is 0 Å². The lowest BCUT2D eigenvalue weighted by atomic mass is 9.59. The molecule has 13 rings (SSSR count). The van der Waals surface area contributed by atoms with Crippen LogP contribution in [0.3, 0.4) is 0 Å². The predicted octanol–water partition coefficient (Wildman–Crippen LogP) is 17.9. The van der Waals surface area contributed by atoms with E-state index in [0.29, 0.717) is 17.5 Å². The Morgan fingerprint density at radius 1 is 0.315 bits per heavy atom. The summed E-state index contributed by atoms with van der Waals surface area (Å²) in [5.41, 5.74) is 21.3. The minimum atomic E-state index is -0.145. The van der Waals surface area contributed by atoms with E-state index in [1.807, 2.05) is 18.2 Å². The van der Waals surface area contributed by atoms with Crippen molar-refractivity contribution in [2.45, 2.75) is 71.6 Å². The zero-order chi connectivity index (χ0) is 50.0. The molecular weight excluding hydrogens is 885 g/mol. The highest BCUT2D eigenvalue weighted by Crippen LogP contribution is 2.63. The maximum atomic E-state index is 5.33. The quantitative estimate of drug-likeness (QED) is 0.160. The first-order valence-corrected chi connectivity index (χ1v) is 25.8. The van der Waals surface area contributed by atoms with Gasteiger partial charge < -0.3 is 4.57 Å². The summed E-state index contributed by atoms with van der Waals surface area (Å²) < 4.78 is 2.42. The zero-order valence-electron chi connectivity index (χ0n) is 42.9. The third-order valence-corrected chi connectivity index (χ3v) is 17.8. The second-order valence-electron chi connectivity index (χ2n) is 22.5. The molecule has 9 aromatic carbocycles. The molecule has 0 unspecified atom stereocenters. The minimum absolute atomic E-state index is 0.000917. The Morgan fingerprint density at radius 3 is 1.48 bits per heavy atom. The average Bonchev–Trinajstić information content (AvgIpc) is 3.93. The first-order chi connectivity index (χ1) is 35.2. The molecule has 2 heterocycles. The topological polar surface area (TPSA) is 43.6 Å². The van der Waals surface area contributed by atoms with Crippen molar-refractivity contribution in [2.24, 2.45) is 5.41 Å². The number of nitrogens with zero attached hydrogens (tertiary/aromatic N) is 4. The van der Waals surface area contributed by atoms with Gasteiger partial charge >= 0.3 is 0 Å². The molecule has 0 radical (unpaired) electrons. The molecule has 0 spiro atoms. The predicted molar refractivity (Wildman–Crippen MR) is 304 cm³/mol. The second-order valence-corrected chi connectivity index (χ2v) is 22.5. The standard InChI is InChI=1S/C69H58N4/c1-66(2)56-27-17-15-25-51(56)62-52(26-19-28-57(62)66)65-71-63(46-22-13-10-14-23-46)70-64(72-65)47-32-30-45(31-33-47)53-41-58-59(68(5,6)69(7,8)67(58,3)4)42-54(53)48-36-39-61-55(40-48)50-24-16-18-29-60(50)73(61)49-37-34-44(35-38-49)43-20-11-9-12-21-43/h9-42H,1-8H3. The lowest BCUT2D eigenvalue weighted by molar-refractivity contribution is 0.125. The molecule has 0 amide bonds. The van der Waals surface area contributed by atoms with Crippen molar-refractivity contribution in [3.8, 4) is 84.4 Å². The fourth-order valence-corrected chi connectivity index (χ4v) is 12.5. The second kappa shape index (κ2) is 16.2. The van der Waals surface area contributed by atoms with E-state index in [9.17, 15) is 0 Å². The summed E-state index contributed by atoms with van der Waals surface area (Å²) in [6, 6.07) is 75.2. The molecule has 73 heavy (non-hydrogen) atoms. The van der Waals surface area contributed by atoms with Gasteiger partial charge in [0.1, 0.15) is 0 Å². The van der Waals surface area contributed by atoms with Crippen molar-refractivity contribution in [1.29, 1.82) is 0 Å². The molecular formula is C69H58N4. The van der Waals surface area contributed by atoms with Crippen LogP contribution in [0.1, 0.15) is 77.6 Å². The number of aromatic nitrogens is 4. The van der Waals surface area contributed by atoms with E-state index in [4.69, 9.17) is 15.0 Å². The van der Waals surface area contributed by atoms with E-state index >= 15 is 0 Å². The Labute approximate surface area is 429 Å². The number of benzene rings is 9. The molecule has 0 saturated carbocycles. The highest BCUT2D eigenvalue weighted by Gasteiger charge is 2.57. The van der Waals surface area contributed by atoms with Crippen LogP contribution in [0.15, 0.2) is 206 Å². The molecule has 11 aromatic rings. The maximum Gasteiger partial charge on any atom is 0.164 e. The molecule has 0 fully saturated rings.